The number of hydrogen-bond donors (Lipinski definition) is 0. The smallest absolute Gasteiger partial charge is 0.167 e. The Morgan fingerprint density at radius 3 is 1.44 bits per heavy atom. The molecule has 6 nitrogen and oxygen atoms in total. The summed E-state index contributed by atoms with van der Waals surface area (Å²) < 4.78 is 55.3. The van der Waals surface area contributed by atoms with Gasteiger partial charge in [-0.2, -0.15) is 0 Å². The number of fused-ring (bicyclic) bond motifs is 9. The minimum atomic E-state index is -0.504. The number of aromatic nitrogens is 5. The quantitative estimate of drug-likeness (QED) is 0.168. The van der Waals surface area contributed by atoms with Crippen molar-refractivity contribution >= 4 is 65.6 Å². The molecule has 0 saturated carbocycles. The van der Waals surface area contributed by atoms with E-state index in [4.69, 9.17) is 26.2 Å². The first-order valence-electron chi connectivity index (χ1n) is 23.3. The van der Waals surface area contributed by atoms with E-state index in [9.17, 15) is 0 Å². The molecule has 13 aromatic rings. The normalized spacial score (nSPS) is 12.9. The topological polar surface area (TPSA) is 61.7 Å². The van der Waals surface area contributed by atoms with Crippen molar-refractivity contribution in [1.82, 2.24) is 24.1 Å². The Morgan fingerprint density at radius 1 is 0.349 bits per heavy atom. The van der Waals surface area contributed by atoms with Crippen LogP contribution in [-0.4, -0.2) is 24.1 Å². The summed E-state index contributed by atoms with van der Waals surface area (Å²) in [5.74, 6) is 0.392. The van der Waals surface area contributed by atoms with Gasteiger partial charge in [-0.15, -0.1) is 0 Å². The van der Waals surface area contributed by atoms with Crippen molar-refractivity contribution in [2.75, 3.05) is 0 Å². The van der Waals surface area contributed by atoms with Gasteiger partial charge < -0.3 is 13.6 Å². The Kier molecular flexibility index (Phi) is 6.75. The lowest BCUT2D eigenvalue weighted by Gasteiger charge is -2.13. The summed E-state index contributed by atoms with van der Waals surface area (Å²) in [5, 5.41) is 6.22. The minimum absolute atomic E-state index is 0.0648. The Bertz CT molecular complexity index is 4080. The Morgan fingerprint density at radius 2 is 0.841 bits per heavy atom. The molecular formula is C57H35N5O. The highest BCUT2D eigenvalue weighted by molar-refractivity contribution is 6.15. The van der Waals surface area contributed by atoms with E-state index in [0.717, 1.165) is 76.9 Å². The summed E-state index contributed by atoms with van der Waals surface area (Å²) in [7, 11) is 0. The fraction of sp³-hybridized carbons (Fsp3) is 0. The lowest BCUT2D eigenvalue weighted by molar-refractivity contribution is 0.670. The molecule has 6 heteroatoms. The van der Waals surface area contributed by atoms with E-state index in [2.05, 4.69) is 81.9 Å². The molecular weight excluding hydrogens is 771 g/mol. The van der Waals surface area contributed by atoms with Crippen LogP contribution in [0.1, 0.15) is 6.85 Å². The first kappa shape index (κ1) is 30.4. The molecule has 9 aromatic carbocycles. The van der Waals surface area contributed by atoms with Crippen LogP contribution < -0.4 is 0 Å². The van der Waals surface area contributed by atoms with E-state index in [1.165, 1.54) is 0 Å². The molecule has 0 bridgehead atoms. The first-order valence-corrected chi connectivity index (χ1v) is 20.8. The van der Waals surface area contributed by atoms with Gasteiger partial charge in [0.05, 0.1) is 34.5 Å². The highest BCUT2D eigenvalue weighted by Gasteiger charge is 2.23. The number of rotatable bonds is 6. The van der Waals surface area contributed by atoms with Gasteiger partial charge in [-0.25, -0.2) is 15.0 Å². The molecule has 0 spiro atoms. The average molecular weight is 811 g/mol. The lowest BCUT2D eigenvalue weighted by Crippen LogP contribution is -2.02. The van der Waals surface area contributed by atoms with Crippen molar-refractivity contribution in [1.29, 1.82) is 0 Å². The number of benzene rings is 9. The molecule has 0 radical (unpaired) electrons. The van der Waals surface area contributed by atoms with Crippen LogP contribution in [0, 0.1) is 0 Å². The Hall–Kier alpha value is -8.61. The third-order valence-corrected chi connectivity index (χ3v) is 12.1. The van der Waals surface area contributed by atoms with Gasteiger partial charge in [0, 0.05) is 60.4 Å². The maximum absolute atomic E-state index is 9.06. The SMILES string of the molecule is [2H]c1c([2H])c([2H])c(-c2nc(-c3ccc(-n4c5ccccc5c5ccccc54)cc3)nc(-c3cc(-n4c5ccccc5c5ccccc54)cc4c3oc3c(-c5ccccc5)cccc34)n2)c([2H])c1[2H]. The molecule has 0 fully saturated rings. The average Bonchev–Trinajstić information content (AvgIpc) is 4.05. The summed E-state index contributed by atoms with van der Waals surface area (Å²) in [6.07, 6.45) is 0. The van der Waals surface area contributed by atoms with Gasteiger partial charge in [0.2, 0.25) is 0 Å². The lowest BCUT2D eigenvalue weighted by atomic mass is 10.0. The number of hydrogen-bond acceptors (Lipinski definition) is 4. The third-order valence-electron chi connectivity index (χ3n) is 12.1. The van der Waals surface area contributed by atoms with Crippen LogP contribution >= 0.6 is 0 Å². The first-order chi connectivity index (χ1) is 33.3. The van der Waals surface area contributed by atoms with Crippen LogP contribution in [0.4, 0.5) is 0 Å². The fourth-order valence-electron chi connectivity index (χ4n) is 9.29. The molecule has 0 aliphatic rings. The summed E-state index contributed by atoms with van der Waals surface area (Å²) in [5.41, 5.74) is 10.1. The Labute approximate surface area is 368 Å². The van der Waals surface area contributed by atoms with Crippen molar-refractivity contribution in [3.05, 3.63) is 212 Å². The molecule has 0 atom stereocenters. The van der Waals surface area contributed by atoms with E-state index in [1.807, 2.05) is 109 Å². The van der Waals surface area contributed by atoms with Crippen molar-refractivity contribution in [2.24, 2.45) is 0 Å². The summed E-state index contributed by atoms with van der Waals surface area (Å²) >= 11 is 0. The summed E-state index contributed by atoms with van der Waals surface area (Å²) in [6, 6.07) is 59.4. The van der Waals surface area contributed by atoms with Gasteiger partial charge in [0.25, 0.3) is 0 Å². The van der Waals surface area contributed by atoms with Gasteiger partial charge in [0.15, 0.2) is 17.5 Å². The van der Waals surface area contributed by atoms with E-state index in [1.54, 1.807) is 0 Å². The zero-order valence-electron chi connectivity index (χ0n) is 38.5. The monoisotopic (exact) mass is 810 g/mol. The van der Waals surface area contributed by atoms with E-state index in [0.29, 0.717) is 22.3 Å². The van der Waals surface area contributed by atoms with Gasteiger partial charge in [-0.3, -0.25) is 0 Å². The van der Waals surface area contributed by atoms with Gasteiger partial charge >= 0.3 is 0 Å². The zero-order chi connectivity index (χ0) is 45.8. The second-order valence-corrected chi connectivity index (χ2v) is 15.6. The maximum Gasteiger partial charge on any atom is 0.167 e. The number of para-hydroxylation sites is 5. The largest absolute Gasteiger partial charge is 0.455 e. The highest BCUT2D eigenvalue weighted by atomic mass is 16.3. The second kappa shape index (κ2) is 14.0. The Balaban J connectivity index is 1.10. The van der Waals surface area contributed by atoms with Crippen molar-refractivity contribution < 1.29 is 11.3 Å². The summed E-state index contributed by atoms with van der Waals surface area (Å²) in [4.78, 5) is 15.2. The fourth-order valence-corrected chi connectivity index (χ4v) is 9.29. The van der Waals surface area contributed by atoms with Crippen molar-refractivity contribution in [3.63, 3.8) is 0 Å². The number of nitrogens with zero attached hydrogens (tertiary/aromatic N) is 5. The third kappa shape index (κ3) is 5.55. The van der Waals surface area contributed by atoms with Crippen LogP contribution in [0.3, 0.4) is 0 Å². The van der Waals surface area contributed by atoms with Crippen molar-refractivity contribution in [2.45, 2.75) is 0 Å². The molecule has 0 aliphatic heterocycles. The minimum Gasteiger partial charge on any atom is -0.455 e. The van der Waals surface area contributed by atoms with Gasteiger partial charge in [-0.1, -0.05) is 152 Å². The molecule has 0 aliphatic carbocycles. The van der Waals surface area contributed by atoms with Crippen LogP contribution in [0.5, 0.6) is 0 Å². The molecule has 0 unspecified atom stereocenters. The highest BCUT2D eigenvalue weighted by Crippen LogP contribution is 2.43. The molecule has 4 heterocycles. The molecule has 4 aromatic heterocycles. The van der Waals surface area contributed by atoms with Crippen LogP contribution in [0.25, 0.3) is 122 Å². The van der Waals surface area contributed by atoms with Gasteiger partial charge in [0.1, 0.15) is 11.2 Å². The molecule has 294 valence electrons. The second-order valence-electron chi connectivity index (χ2n) is 15.6. The molecule has 0 saturated heterocycles. The van der Waals surface area contributed by atoms with E-state index in [-0.39, 0.29) is 23.0 Å². The van der Waals surface area contributed by atoms with Crippen LogP contribution in [0.2, 0.25) is 0 Å². The maximum atomic E-state index is 9.06. The zero-order valence-corrected chi connectivity index (χ0v) is 33.5. The number of furan rings is 1. The molecule has 13 rings (SSSR count). The van der Waals surface area contributed by atoms with Crippen LogP contribution in [-0.2, 0) is 0 Å². The predicted octanol–water partition coefficient (Wildman–Crippen LogP) is 14.6. The summed E-state index contributed by atoms with van der Waals surface area (Å²) in [6.45, 7) is 0. The van der Waals surface area contributed by atoms with E-state index < -0.39 is 30.2 Å². The van der Waals surface area contributed by atoms with Crippen LogP contribution in [0.15, 0.2) is 217 Å². The molecule has 0 amide bonds. The standard InChI is InChI=1S/C57H35N5O/c1-3-16-36(17-4-1)41-24-15-25-46-47-34-40(62-51-28-13-9-22-44(51)45-23-10-14-29-52(45)62)35-48(54(47)63-53(41)46)57-59-55(37-18-5-2-6-19-37)58-56(60-57)38-30-32-39(33-31-38)61-49-26-11-7-20-42(49)43-21-8-12-27-50(43)61/h1-35H/i2D,5D,6D,18D,19D. The molecule has 63 heavy (non-hydrogen) atoms. The molecule has 0 N–H and O–H groups in total. The van der Waals surface area contributed by atoms with E-state index >= 15 is 0 Å². The predicted molar refractivity (Wildman–Crippen MR) is 258 cm³/mol. The van der Waals surface area contributed by atoms with Gasteiger partial charge in [-0.05, 0) is 66.2 Å². The van der Waals surface area contributed by atoms with Crippen molar-refractivity contribution in [3.8, 4) is 56.7 Å².